The first-order valence-corrected chi connectivity index (χ1v) is 19.2. The molecule has 0 spiro atoms. The second kappa shape index (κ2) is 13.2. The van der Waals surface area contributed by atoms with Gasteiger partial charge in [-0.3, -0.25) is 0 Å². The summed E-state index contributed by atoms with van der Waals surface area (Å²) in [6.45, 7) is 0. The van der Waals surface area contributed by atoms with Gasteiger partial charge in [0.05, 0.1) is 38.3 Å². The Labute approximate surface area is 325 Å². The SMILES string of the molecule is c1ccc2nnc(-c3ccc(N(c4ccc(-c5cc6ccccc6nn5)cc4)c4ccc5cc(-c6ncnc7c6sc6ccccc67)ccc5c4)cc3)cc2c1. The minimum atomic E-state index is 0.834. The molecule has 0 atom stereocenters. The third-order valence-electron chi connectivity index (χ3n) is 10.3. The average Bonchev–Trinajstić information content (AvgIpc) is 3.66. The molecule has 0 unspecified atom stereocenters. The van der Waals surface area contributed by atoms with E-state index in [1.807, 2.05) is 36.4 Å². The van der Waals surface area contributed by atoms with Gasteiger partial charge >= 0.3 is 0 Å². The van der Waals surface area contributed by atoms with E-state index in [1.54, 1.807) is 17.7 Å². The third-order valence-corrected chi connectivity index (χ3v) is 11.5. The first-order chi connectivity index (χ1) is 27.7. The summed E-state index contributed by atoms with van der Waals surface area (Å²) in [6, 6.07) is 59.0. The van der Waals surface area contributed by atoms with E-state index in [0.29, 0.717) is 0 Å². The van der Waals surface area contributed by atoms with E-state index >= 15 is 0 Å². The monoisotopic (exact) mass is 735 g/mol. The average molecular weight is 736 g/mol. The summed E-state index contributed by atoms with van der Waals surface area (Å²) in [5.41, 5.74) is 11.5. The highest BCUT2D eigenvalue weighted by Crippen LogP contribution is 2.41. The van der Waals surface area contributed by atoms with Crippen LogP contribution in [0.15, 0.2) is 176 Å². The normalized spacial score (nSPS) is 11.6. The molecule has 0 aliphatic rings. The maximum Gasteiger partial charge on any atom is 0.116 e. The number of fused-ring (bicyclic) bond motifs is 6. The van der Waals surface area contributed by atoms with Gasteiger partial charge in [-0.15, -0.1) is 31.7 Å². The van der Waals surface area contributed by atoms with Gasteiger partial charge in [0.1, 0.15) is 6.33 Å². The van der Waals surface area contributed by atoms with Gasteiger partial charge in [-0.05, 0) is 83.6 Å². The van der Waals surface area contributed by atoms with Crippen LogP contribution in [0.3, 0.4) is 0 Å². The maximum atomic E-state index is 4.77. The van der Waals surface area contributed by atoms with Crippen LogP contribution in [0.4, 0.5) is 17.1 Å². The molecule has 0 fully saturated rings. The highest BCUT2D eigenvalue weighted by atomic mass is 32.1. The second-order valence-corrected chi connectivity index (χ2v) is 14.8. The Kier molecular flexibility index (Phi) is 7.53. The van der Waals surface area contributed by atoms with Crippen molar-refractivity contribution in [3.8, 4) is 33.8 Å². The largest absolute Gasteiger partial charge is 0.310 e. The zero-order valence-corrected chi connectivity index (χ0v) is 30.6. The fourth-order valence-corrected chi connectivity index (χ4v) is 8.68. The molecule has 4 aromatic heterocycles. The molecule has 0 saturated heterocycles. The van der Waals surface area contributed by atoms with Crippen LogP contribution < -0.4 is 4.90 Å². The Hall–Kier alpha value is -7.42. The Morgan fingerprint density at radius 1 is 0.411 bits per heavy atom. The van der Waals surface area contributed by atoms with Gasteiger partial charge in [0.25, 0.3) is 0 Å². The highest BCUT2D eigenvalue weighted by Gasteiger charge is 2.17. The summed E-state index contributed by atoms with van der Waals surface area (Å²) < 4.78 is 2.32. The zero-order valence-electron chi connectivity index (χ0n) is 29.8. The lowest BCUT2D eigenvalue weighted by molar-refractivity contribution is 1.08. The molecule has 0 N–H and O–H groups in total. The number of hydrogen-bond acceptors (Lipinski definition) is 8. The molecular formula is C48H29N7S. The van der Waals surface area contributed by atoms with Crippen LogP contribution in [0.2, 0.25) is 0 Å². The van der Waals surface area contributed by atoms with E-state index in [4.69, 9.17) is 4.98 Å². The van der Waals surface area contributed by atoms with Gasteiger partial charge < -0.3 is 4.90 Å². The van der Waals surface area contributed by atoms with E-state index in [0.717, 1.165) is 99.0 Å². The van der Waals surface area contributed by atoms with Crippen molar-refractivity contribution in [1.29, 1.82) is 0 Å². The van der Waals surface area contributed by atoms with Gasteiger partial charge in [0.15, 0.2) is 0 Å². The fraction of sp³-hybridized carbons (Fsp3) is 0. The summed E-state index contributed by atoms with van der Waals surface area (Å²) in [5.74, 6) is 0. The lowest BCUT2D eigenvalue weighted by atomic mass is 10.0. The molecule has 7 nitrogen and oxygen atoms in total. The number of aromatic nitrogens is 6. The molecule has 0 saturated carbocycles. The van der Waals surface area contributed by atoms with Crippen molar-refractivity contribution in [3.63, 3.8) is 0 Å². The first-order valence-electron chi connectivity index (χ1n) is 18.3. The van der Waals surface area contributed by atoms with E-state index in [9.17, 15) is 0 Å². The van der Waals surface area contributed by atoms with Crippen molar-refractivity contribution in [3.05, 3.63) is 176 Å². The lowest BCUT2D eigenvalue weighted by Gasteiger charge is -2.26. The Balaban J connectivity index is 0.987. The van der Waals surface area contributed by atoms with Gasteiger partial charge in [0.2, 0.25) is 0 Å². The standard InChI is InChI=1S/C48H29N7S/c1-4-10-41-34(7-1)27-43(53-51-41)30-15-20-37(21-16-30)55(38-22-17-31(18-23-38)44-28-35-8-2-5-11-42(35)52-54-44)39-24-19-32-25-36(14-13-33(32)26-39)46-48-47(50-29-49-46)40-9-3-6-12-45(40)56-48/h1-29H. The van der Waals surface area contributed by atoms with Crippen molar-refractivity contribution in [2.75, 3.05) is 4.90 Å². The molecule has 0 amide bonds. The van der Waals surface area contributed by atoms with Crippen LogP contribution in [0, 0.1) is 0 Å². The molecule has 11 aromatic rings. The van der Waals surface area contributed by atoms with Crippen molar-refractivity contribution in [2.45, 2.75) is 0 Å². The molecule has 0 bridgehead atoms. The summed E-state index contributed by atoms with van der Waals surface area (Å²) in [7, 11) is 0. The molecule has 0 radical (unpaired) electrons. The Bertz CT molecular complexity index is 3150. The van der Waals surface area contributed by atoms with E-state index in [1.165, 1.54) is 4.70 Å². The lowest BCUT2D eigenvalue weighted by Crippen LogP contribution is -2.10. The number of nitrogens with zero attached hydrogens (tertiary/aromatic N) is 7. The van der Waals surface area contributed by atoms with Gasteiger partial charge in [-0.1, -0.05) is 97.1 Å². The van der Waals surface area contributed by atoms with Crippen LogP contribution in [0.1, 0.15) is 0 Å². The summed E-state index contributed by atoms with van der Waals surface area (Å²) in [5, 5.41) is 23.5. The van der Waals surface area contributed by atoms with Crippen LogP contribution in [-0.4, -0.2) is 30.4 Å². The van der Waals surface area contributed by atoms with E-state index in [-0.39, 0.29) is 0 Å². The summed E-state index contributed by atoms with van der Waals surface area (Å²) >= 11 is 1.74. The molecular weight excluding hydrogens is 707 g/mol. The van der Waals surface area contributed by atoms with Crippen LogP contribution in [-0.2, 0) is 0 Å². The Morgan fingerprint density at radius 2 is 0.964 bits per heavy atom. The quantitative estimate of drug-likeness (QED) is 0.168. The van der Waals surface area contributed by atoms with Crippen LogP contribution in [0.5, 0.6) is 0 Å². The third kappa shape index (κ3) is 5.59. The minimum Gasteiger partial charge on any atom is -0.310 e. The fourth-order valence-electron chi connectivity index (χ4n) is 7.51. The van der Waals surface area contributed by atoms with Crippen LogP contribution >= 0.6 is 11.3 Å². The van der Waals surface area contributed by atoms with Crippen molar-refractivity contribution in [2.24, 2.45) is 0 Å². The highest BCUT2D eigenvalue weighted by molar-refractivity contribution is 7.26. The van der Waals surface area contributed by atoms with Crippen molar-refractivity contribution >= 4 is 81.3 Å². The molecule has 8 heteroatoms. The van der Waals surface area contributed by atoms with Gasteiger partial charge in [-0.25, -0.2) is 9.97 Å². The topological polar surface area (TPSA) is 80.6 Å². The smallest absolute Gasteiger partial charge is 0.116 e. The molecule has 0 aliphatic heterocycles. The minimum absolute atomic E-state index is 0.834. The van der Waals surface area contributed by atoms with E-state index < -0.39 is 0 Å². The number of rotatable bonds is 6. The van der Waals surface area contributed by atoms with E-state index in [2.05, 4.69) is 164 Å². The van der Waals surface area contributed by atoms with Crippen molar-refractivity contribution < 1.29 is 0 Å². The molecule has 7 aromatic carbocycles. The predicted molar refractivity (Wildman–Crippen MR) is 230 cm³/mol. The molecule has 0 aliphatic carbocycles. The van der Waals surface area contributed by atoms with Crippen molar-refractivity contribution in [1.82, 2.24) is 30.4 Å². The number of anilines is 3. The first kappa shape index (κ1) is 32.0. The summed E-state index contributed by atoms with van der Waals surface area (Å²) in [4.78, 5) is 11.7. The van der Waals surface area contributed by atoms with Gasteiger partial charge in [-0.2, -0.15) is 0 Å². The zero-order chi connectivity index (χ0) is 37.0. The van der Waals surface area contributed by atoms with Gasteiger partial charge in [0, 0.05) is 54.6 Å². The maximum absolute atomic E-state index is 4.77. The summed E-state index contributed by atoms with van der Waals surface area (Å²) in [6.07, 6.45) is 1.68. The molecule has 11 rings (SSSR count). The Morgan fingerprint density at radius 3 is 1.64 bits per heavy atom. The van der Waals surface area contributed by atoms with Crippen LogP contribution in [0.25, 0.3) is 86.7 Å². The molecule has 4 heterocycles. The second-order valence-electron chi connectivity index (χ2n) is 13.8. The predicted octanol–water partition coefficient (Wildman–Crippen LogP) is 12.4. The number of thiophene rings is 1. The molecule has 262 valence electrons. The number of hydrogen-bond donors (Lipinski definition) is 0. The molecule has 56 heavy (non-hydrogen) atoms. The number of benzene rings is 7.